The Bertz CT molecular complexity index is 1410. The number of nitrogens with one attached hydrogen (secondary N) is 1. The first-order chi connectivity index (χ1) is 15.5. The Morgan fingerprint density at radius 3 is 2.59 bits per heavy atom. The predicted octanol–water partition coefficient (Wildman–Crippen LogP) is 4.63. The molecule has 2 heterocycles. The fourth-order valence-corrected chi connectivity index (χ4v) is 5.34. The molecule has 0 aliphatic carbocycles. The summed E-state index contributed by atoms with van der Waals surface area (Å²) in [7, 11) is -3.83. The lowest BCUT2D eigenvalue weighted by molar-refractivity contribution is 0.0985. The molecule has 160 valence electrons. The van der Waals surface area contributed by atoms with E-state index in [-0.39, 0.29) is 10.8 Å². The number of fused-ring (bicyclic) bond motifs is 2. The first-order valence-corrected chi connectivity index (χ1v) is 11.9. The van der Waals surface area contributed by atoms with E-state index in [0.29, 0.717) is 23.3 Å². The van der Waals surface area contributed by atoms with E-state index in [1.165, 1.54) is 0 Å². The third-order valence-electron chi connectivity index (χ3n) is 5.60. The molecule has 4 aromatic rings. The molecule has 3 aromatic carbocycles. The van der Waals surface area contributed by atoms with E-state index in [4.69, 9.17) is 0 Å². The Morgan fingerprint density at radius 2 is 1.75 bits per heavy atom. The quantitative estimate of drug-likeness (QED) is 0.499. The average molecular weight is 444 g/mol. The third kappa shape index (κ3) is 3.71. The number of amides is 1. The van der Waals surface area contributed by atoms with Gasteiger partial charge in [-0.15, -0.1) is 0 Å². The molecular formula is C25H21N3O3S. The molecule has 1 aliphatic rings. The van der Waals surface area contributed by atoms with Gasteiger partial charge in [0.15, 0.2) is 0 Å². The number of benzene rings is 3. The van der Waals surface area contributed by atoms with Gasteiger partial charge in [0.2, 0.25) is 0 Å². The van der Waals surface area contributed by atoms with Gasteiger partial charge in [-0.1, -0.05) is 36.4 Å². The van der Waals surface area contributed by atoms with Gasteiger partial charge in [0.25, 0.3) is 15.9 Å². The van der Waals surface area contributed by atoms with E-state index in [2.05, 4.69) is 9.71 Å². The Kier molecular flexibility index (Phi) is 5.11. The van der Waals surface area contributed by atoms with Crippen molar-refractivity contribution in [2.45, 2.75) is 17.7 Å². The number of aryl methyl sites for hydroxylation is 1. The monoisotopic (exact) mass is 443 g/mol. The largest absolute Gasteiger partial charge is 0.308 e. The number of pyridine rings is 1. The molecule has 6 nitrogen and oxygen atoms in total. The van der Waals surface area contributed by atoms with Crippen LogP contribution in [0.3, 0.4) is 0 Å². The van der Waals surface area contributed by atoms with Gasteiger partial charge in [0, 0.05) is 35.1 Å². The van der Waals surface area contributed by atoms with Crippen LogP contribution in [0.25, 0.3) is 10.9 Å². The molecule has 0 saturated heterocycles. The number of para-hydroxylation sites is 1. The maximum atomic E-state index is 13.1. The minimum Gasteiger partial charge on any atom is -0.308 e. The number of hydrogen-bond donors (Lipinski definition) is 1. The van der Waals surface area contributed by atoms with E-state index >= 15 is 0 Å². The van der Waals surface area contributed by atoms with Crippen molar-refractivity contribution in [3.8, 4) is 0 Å². The van der Waals surface area contributed by atoms with Gasteiger partial charge in [-0.3, -0.25) is 14.5 Å². The molecule has 32 heavy (non-hydrogen) atoms. The first kappa shape index (κ1) is 20.2. The maximum Gasteiger partial charge on any atom is 0.264 e. The maximum absolute atomic E-state index is 13.1. The lowest BCUT2D eigenvalue weighted by Crippen LogP contribution is -2.35. The van der Waals surface area contributed by atoms with Crippen LogP contribution in [0, 0.1) is 0 Å². The van der Waals surface area contributed by atoms with E-state index in [9.17, 15) is 13.2 Å². The second-order valence-corrected chi connectivity index (χ2v) is 9.36. The van der Waals surface area contributed by atoms with Crippen molar-refractivity contribution in [1.29, 1.82) is 0 Å². The highest BCUT2D eigenvalue weighted by molar-refractivity contribution is 7.93. The van der Waals surface area contributed by atoms with Crippen LogP contribution in [0.5, 0.6) is 0 Å². The molecule has 0 bridgehead atoms. The molecule has 0 atom stereocenters. The number of carbonyl (C=O) groups excluding carboxylic acids is 1. The molecule has 1 aliphatic heterocycles. The molecule has 0 saturated carbocycles. The number of sulfonamides is 1. The minimum atomic E-state index is -3.83. The smallest absolute Gasteiger partial charge is 0.264 e. The van der Waals surface area contributed by atoms with Crippen molar-refractivity contribution < 1.29 is 13.2 Å². The number of rotatable bonds is 4. The molecule has 1 amide bonds. The van der Waals surface area contributed by atoms with Crippen LogP contribution < -0.4 is 9.62 Å². The van der Waals surface area contributed by atoms with Crippen LogP contribution in [0.15, 0.2) is 90.0 Å². The van der Waals surface area contributed by atoms with Crippen LogP contribution in [0.1, 0.15) is 22.3 Å². The SMILES string of the molecule is O=C(c1ccccc1)N1CCCc2cc(NS(=O)(=O)c3cccc4cccnc34)ccc21. The first-order valence-electron chi connectivity index (χ1n) is 10.4. The molecule has 0 radical (unpaired) electrons. The summed E-state index contributed by atoms with van der Waals surface area (Å²) in [6.45, 7) is 0.632. The zero-order valence-electron chi connectivity index (χ0n) is 17.2. The molecule has 1 N–H and O–H groups in total. The van der Waals surface area contributed by atoms with Crippen molar-refractivity contribution in [3.05, 3.63) is 96.2 Å². The van der Waals surface area contributed by atoms with Crippen LogP contribution in [-0.4, -0.2) is 25.9 Å². The summed E-state index contributed by atoms with van der Waals surface area (Å²) >= 11 is 0. The Morgan fingerprint density at radius 1 is 0.938 bits per heavy atom. The standard InChI is InChI=1S/C25H21N3O3S/c29-25(19-7-2-1-3-8-19)28-16-6-11-20-17-21(13-14-22(20)28)27-32(30,31)23-12-4-9-18-10-5-15-26-24(18)23/h1-5,7-10,12-15,17,27H,6,11,16H2. The fraction of sp³-hybridized carbons (Fsp3) is 0.120. The molecule has 0 spiro atoms. The van der Waals surface area contributed by atoms with Gasteiger partial charge in [0.1, 0.15) is 4.90 Å². The topological polar surface area (TPSA) is 79.4 Å². The second kappa shape index (κ2) is 8.09. The normalized spacial score (nSPS) is 13.6. The summed E-state index contributed by atoms with van der Waals surface area (Å²) in [4.78, 5) is 19.1. The molecular weight excluding hydrogens is 422 g/mol. The minimum absolute atomic E-state index is 0.0540. The van der Waals surface area contributed by atoms with Gasteiger partial charge in [-0.05, 0) is 60.9 Å². The van der Waals surface area contributed by atoms with Crippen LogP contribution in [0.4, 0.5) is 11.4 Å². The molecule has 7 heteroatoms. The second-order valence-electron chi connectivity index (χ2n) is 7.71. The zero-order valence-corrected chi connectivity index (χ0v) is 18.0. The van der Waals surface area contributed by atoms with E-state index in [1.807, 2.05) is 42.5 Å². The van der Waals surface area contributed by atoms with Crippen molar-refractivity contribution in [3.63, 3.8) is 0 Å². The van der Waals surface area contributed by atoms with Crippen molar-refractivity contribution >= 4 is 38.2 Å². The van der Waals surface area contributed by atoms with Gasteiger partial charge in [-0.25, -0.2) is 8.42 Å². The lowest BCUT2D eigenvalue weighted by atomic mass is 10.00. The van der Waals surface area contributed by atoms with Crippen molar-refractivity contribution in [2.75, 3.05) is 16.2 Å². The van der Waals surface area contributed by atoms with Crippen LogP contribution >= 0.6 is 0 Å². The summed E-state index contributed by atoms with van der Waals surface area (Å²) < 4.78 is 28.9. The average Bonchev–Trinajstić information content (AvgIpc) is 2.83. The summed E-state index contributed by atoms with van der Waals surface area (Å²) in [5.74, 6) is -0.0540. The Hall–Kier alpha value is -3.71. The van der Waals surface area contributed by atoms with Crippen LogP contribution in [0.2, 0.25) is 0 Å². The highest BCUT2D eigenvalue weighted by Crippen LogP contribution is 2.32. The predicted molar refractivity (Wildman–Crippen MR) is 125 cm³/mol. The zero-order chi connectivity index (χ0) is 22.1. The van der Waals surface area contributed by atoms with Gasteiger partial charge in [0.05, 0.1) is 5.52 Å². The number of aromatic nitrogens is 1. The number of hydrogen-bond acceptors (Lipinski definition) is 4. The Labute approximate surface area is 186 Å². The summed E-state index contributed by atoms with van der Waals surface area (Å²) in [5.41, 5.74) is 3.29. The highest BCUT2D eigenvalue weighted by atomic mass is 32.2. The van der Waals surface area contributed by atoms with E-state index < -0.39 is 10.0 Å². The molecule has 1 aromatic heterocycles. The number of nitrogens with zero attached hydrogens (tertiary/aromatic N) is 2. The highest BCUT2D eigenvalue weighted by Gasteiger charge is 2.25. The van der Waals surface area contributed by atoms with Crippen LogP contribution in [-0.2, 0) is 16.4 Å². The number of carbonyl (C=O) groups is 1. The fourth-order valence-electron chi connectivity index (χ4n) is 4.11. The third-order valence-corrected chi connectivity index (χ3v) is 7.01. The van der Waals surface area contributed by atoms with Crippen molar-refractivity contribution in [1.82, 2.24) is 4.98 Å². The number of anilines is 2. The van der Waals surface area contributed by atoms with E-state index in [0.717, 1.165) is 29.5 Å². The molecule has 0 fully saturated rings. The summed E-state index contributed by atoms with van der Waals surface area (Å²) in [6, 6.07) is 23.2. The van der Waals surface area contributed by atoms with E-state index in [1.54, 1.807) is 47.5 Å². The molecule has 0 unspecified atom stereocenters. The van der Waals surface area contributed by atoms with Crippen molar-refractivity contribution in [2.24, 2.45) is 0 Å². The lowest BCUT2D eigenvalue weighted by Gasteiger charge is -2.30. The van der Waals surface area contributed by atoms with Gasteiger partial charge >= 0.3 is 0 Å². The molecule has 5 rings (SSSR count). The van der Waals surface area contributed by atoms with Gasteiger partial charge < -0.3 is 4.90 Å². The summed E-state index contributed by atoms with van der Waals surface area (Å²) in [6.07, 6.45) is 3.17. The summed E-state index contributed by atoms with van der Waals surface area (Å²) in [5, 5.41) is 0.760. The Balaban J connectivity index is 1.46. The van der Waals surface area contributed by atoms with Gasteiger partial charge in [-0.2, -0.15) is 0 Å².